The van der Waals surface area contributed by atoms with Crippen molar-refractivity contribution in [2.75, 3.05) is 13.1 Å². The number of β-amino-alcohol motifs (C(OH)–C–C–N with tert-alkyl or cyclic N) is 1. The maximum atomic E-state index is 12.1. The topological polar surface area (TPSA) is 53.4 Å². The van der Waals surface area contributed by atoms with E-state index in [9.17, 15) is 9.90 Å². The molecule has 1 N–H and O–H groups in total. The predicted molar refractivity (Wildman–Crippen MR) is 79.5 cm³/mol. The minimum Gasteiger partial charge on any atom is -0.389 e. The predicted octanol–water partition coefficient (Wildman–Crippen LogP) is 2.93. The molecule has 1 aliphatic rings. The van der Waals surface area contributed by atoms with Crippen LogP contribution in [0.25, 0.3) is 10.6 Å². The van der Waals surface area contributed by atoms with Crippen LogP contribution in [0.5, 0.6) is 0 Å². The highest BCUT2D eigenvalue weighted by Gasteiger charge is 2.30. The van der Waals surface area contributed by atoms with E-state index in [1.165, 1.54) is 11.3 Å². The van der Waals surface area contributed by atoms with E-state index >= 15 is 0 Å². The van der Waals surface area contributed by atoms with Gasteiger partial charge in [0.25, 0.3) is 5.91 Å². The first kappa shape index (κ1) is 13.8. The molecule has 0 bridgehead atoms. The molecule has 1 fully saturated rings. The lowest BCUT2D eigenvalue weighted by Crippen LogP contribution is -2.53. The monoisotopic (exact) mass is 328 g/mol. The van der Waals surface area contributed by atoms with Crippen molar-refractivity contribution in [2.24, 2.45) is 0 Å². The Morgan fingerprint density at radius 2 is 2.10 bits per heavy atom. The van der Waals surface area contributed by atoms with E-state index < -0.39 is 6.10 Å². The number of benzene rings is 1. The van der Waals surface area contributed by atoms with Gasteiger partial charge in [0.2, 0.25) is 0 Å². The van der Waals surface area contributed by atoms with Crippen molar-refractivity contribution >= 4 is 40.4 Å². The smallest absolute Gasteiger partial charge is 0.273 e. The molecule has 0 saturated carbocycles. The van der Waals surface area contributed by atoms with Gasteiger partial charge in [-0.1, -0.05) is 29.3 Å². The van der Waals surface area contributed by atoms with Gasteiger partial charge in [0.05, 0.1) is 16.1 Å². The van der Waals surface area contributed by atoms with Crippen LogP contribution in [0.15, 0.2) is 23.6 Å². The number of hydrogen-bond acceptors (Lipinski definition) is 4. The van der Waals surface area contributed by atoms with E-state index in [0.29, 0.717) is 33.8 Å². The number of likely N-dealkylation sites (tertiary alicyclic amines) is 1. The molecule has 2 heterocycles. The Morgan fingerprint density at radius 1 is 1.35 bits per heavy atom. The fourth-order valence-electron chi connectivity index (χ4n) is 1.92. The number of aliphatic hydroxyl groups excluding tert-OH is 1. The Hall–Kier alpha value is -1.14. The van der Waals surface area contributed by atoms with E-state index in [-0.39, 0.29) is 5.91 Å². The molecule has 1 amide bonds. The molecule has 7 heteroatoms. The zero-order chi connectivity index (χ0) is 14.3. The van der Waals surface area contributed by atoms with E-state index in [0.717, 1.165) is 5.56 Å². The molecule has 1 aromatic carbocycles. The number of rotatable bonds is 2. The highest BCUT2D eigenvalue weighted by Crippen LogP contribution is 2.30. The molecule has 4 nitrogen and oxygen atoms in total. The Labute approximate surface area is 129 Å². The van der Waals surface area contributed by atoms with Crippen molar-refractivity contribution in [3.05, 3.63) is 39.3 Å². The minimum absolute atomic E-state index is 0.155. The zero-order valence-electron chi connectivity index (χ0n) is 10.2. The van der Waals surface area contributed by atoms with Gasteiger partial charge < -0.3 is 10.0 Å². The summed E-state index contributed by atoms with van der Waals surface area (Å²) in [5.41, 5.74) is 1.22. The summed E-state index contributed by atoms with van der Waals surface area (Å²) in [5, 5.41) is 12.6. The van der Waals surface area contributed by atoms with E-state index in [1.54, 1.807) is 22.4 Å². The fourth-order valence-corrected chi connectivity index (χ4v) is 3.01. The summed E-state index contributed by atoms with van der Waals surface area (Å²) in [6, 6.07) is 5.24. The number of carbonyl (C=O) groups is 1. The second kappa shape index (κ2) is 5.33. The third kappa shape index (κ3) is 2.54. The number of nitrogens with zero attached hydrogens (tertiary/aromatic N) is 2. The number of aromatic nitrogens is 1. The number of halogens is 2. The van der Waals surface area contributed by atoms with Crippen LogP contribution >= 0.6 is 34.5 Å². The zero-order valence-corrected chi connectivity index (χ0v) is 12.5. The number of thiazole rings is 1. The molecule has 1 aliphatic heterocycles. The SMILES string of the molecule is O=C(c1csc(-c2ccc(Cl)c(Cl)c2)n1)N1CC(O)C1. The summed E-state index contributed by atoms with van der Waals surface area (Å²) in [6.07, 6.45) is -0.410. The molecule has 0 aliphatic carbocycles. The first-order chi connectivity index (χ1) is 9.54. The summed E-state index contributed by atoms with van der Waals surface area (Å²) in [4.78, 5) is 17.9. The Bertz CT molecular complexity index is 668. The van der Waals surface area contributed by atoms with E-state index in [4.69, 9.17) is 23.2 Å². The van der Waals surface area contributed by atoms with Crippen LogP contribution in [-0.2, 0) is 0 Å². The van der Waals surface area contributed by atoms with Crippen molar-refractivity contribution in [2.45, 2.75) is 6.10 Å². The van der Waals surface area contributed by atoms with Gasteiger partial charge in [-0.2, -0.15) is 0 Å². The van der Waals surface area contributed by atoms with Gasteiger partial charge in [-0.3, -0.25) is 4.79 Å². The van der Waals surface area contributed by atoms with Crippen LogP contribution in [0.4, 0.5) is 0 Å². The average molecular weight is 329 g/mol. The second-order valence-electron chi connectivity index (χ2n) is 4.53. The average Bonchev–Trinajstić information content (AvgIpc) is 2.87. The molecular formula is C13H10Cl2N2O2S. The van der Waals surface area contributed by atoms with Crippen LogP contribution in [0.1, 0.15) is 10.5 Å². The highest BCUT2D eigenvalue weighted by molar-refractivity contribution is 7.13. The molecular weight excluding hydrogens is 319 g/mol. The van der Waals surface area contributed by atoms with Crippen LogP contribution in [0.2, 0.25) is 10.0 Å². The van der Waals surface area contributed by atoms with Crippen molar-refractivity contribution < 1.29 is 9.90 Å². The summed E-state index contributed by atoms with van der Waals surface area (Å²) in [7, 11) is 0. The van der Waals surface area contributed by atoms with Gasteiger partial charge in [-0.05, 0) is 12.1 Å². The second-order valence-corrected chi connectivity index (χ2v) is 6.20. The normalized spacial score (nSPS) is 15.2. The van der Waals surface area contributed by atoms with Gasteiger partial charge in [0.1, 0.15) is 10.7 Å². The molecule has 104 valence electrons. The molecule has 3 rings (SSSR count). The summed E-state index contributed by atoms with van der Waals surface area (Å²) in [5.74, 6) is -0.155. The lowest BCUT2D eigenvalue weighted by atomic mass is 10.1. The number of amides is 1. The van der Waals surface area contributed by atoms with Crippen LogP contribution < -0.4 is 0 Å². The molecule has 2 aromatic rings. The summed E-state index contributed by atoms with van der Waals surface area (Å²) in [6.45, 7) is 0.747. The van der Waals surface area contributed by atoms with Crippen molar-refractivity contribution in [3.63, 3.8) is 0 Å². The summed E-state index contributed by atoms with van der Waals surface area (Å²) < 4.78 is 0. The molecule has 0 unspecified atom stereocenters. The Kier molecular flexibility index (Phi) is 3.69. The van der Waals surface area contributed by atoms with Crippen LogP contribution in [-0.4, -0.2) is 40.1 Å². The largest absolute Gasteiger partial charge is 0.389 e. The standard InChI is InChI=1S/C13H10Cl2N2O2S/c14-9-2-1-7(3-10(9)15)12-16-11(6-20-12)13(19)17-4-8(18)5-17/h1-3,6,8,18H,4-5H2. The molecule has 1 aromatic heterocycles. The van der Waals surface area contributed by atoms with E-state index in [2.05, 4.69) is 4.98 Å². The van der Waals surface area contributed by atoms with Gasteiger partial charge in [0.15, 0.2) is 0 Å². The molecule has 1 saturated heterocycles. The van der Waals surface area contributed by atoms with Gasteiger partial charge in [-0.15, -0.1) is 11.3 Å². The molecule has 20 heavy (non-hydrogen) atoms. The number of hydrogen-bond donors (Lipinski definition) is 1. The van der Waals surface area contributed by atoms with Gasteiger partial charge in [0, 0.05) is 24.0 Å². The number of carbonyl (C=O) groups excluding carboxylic acids is 1. The first-order valence-electron chi connectivity index (χ1n) is 5.93. The molecule has 0 atom stereocenters. The van der Waals surface area contributed by atoms with Gasteiger partial charge >= 0.3 is 0 Å². The number of aliphatic hydroxyl groups is 1. The van der Waals surface area contributed by atoms with Gasteiger partial charge in [-0.25, -0.2) is 4.98 Å². The van der Waals surface area contributed by atoms with Crippen molar-refractivity contribution in [1.29, 1.82) is 0 Å². The quantitative estimate of drug-likeness (QED) is 0.922. The lowest BCUT2D eigenvalue weighted by Gasteiger charge is -2.35. The minimum atomic E-state index is -0.410. The third-order valence-electron chi connectivity index (χ3n) is 3.04. The summed E-state index contributed by atoms with van der Waals surface area (Å²) >= 11 is 13.2. The third-order valence-corrected chi connectivity index (χ3v) is 4.67. The van der Waals surface area contributed by atoms with Crippen molar-refractivity contribution in [3.8, 4) is 10.6 Å². The molecule has 0 spiro atoms. The highest BCUT2D eigenvalue weighted by atomic mass is 35.5. The molecule has 0 radical (unpaired) electrons. The Morgan fingerprint density at radius 3 is 2.75 bits per heavy atom. The van der Waals surface area contributed by atoms with Crippen LogP contribution in [0.3, 0.4) is 0 Å². The van der Waals surface area contributed by atoms with Crippen LogP contribution in [0, 0.1) is 0 Å². The lowest BCUT2D eigenvalue weighted by molar-refractivity contribution is 0.00556. The van der Waals surface area contributed by atoms with Crippen molar-refractivity contribution in [1.82, 2.24) is 9.88 Å². The fraction of sp³-hybridized carbons (Fsp3) is 0.231. The Balaban J connectivity index is 1.82. The maximum absolute atomic E-state index is 12.1. The maximum Gasteiger partial charge on any atom is 0.273 e. The van der Waals surface area contributed by atoms with E-state index in [1.807, 2.05) is 6.07 Å². The first-order valence-corrected chi connectivity index (χ1v) is 7.56.